The molecule has 0 atom stereocenters. The van der Waals surface area contributed by atoms with E-state index in [1.54, 1.807) is 0 Å². The topological polar surface area (TPSA) is 43.6 Å². The summed E-state index contributed by atoms with van der Waals surface area (Å²) in [6.07, 6.45) is 0. The van der Waals surface area contributed by atoms with Crippen molar-refractivity contribution >= 4 is 32.6 Å². The Kier molecular flexibility index (Phi) is 9.46. The number of benzene rings is 10. The fraction of sp³-hybridized carbons (Fsp3) is 0. The van der Waals surface area contributed by atoms with E-state index in [9.17, 15) is 0 Å². The molecule has 0 aliphatic heterocycles. The first-order valence-corrected chi connectivity index (χ1v) is 22.0. The lowest BCUT2D eigenvalue weighted by molar-refractivity contribution is 1.07. The summed E-state index contributed by atoms with van der Waals surface area (Å²) in [6.45, 7) is 0. The summed E-state index contributed by atoms with van der Waals surface area (Å²) < 4.78 is 2.37. The molecule has 0 aliphatic rings. The first-order valence-electron chi connectivity index (χ1n) is 22.0. The number of nitrogens with zero attached hydrogens (tertiary/aromatic N) is 4. The van der Waals surface area contributed by atoms with Gasteiger partial charge in [-0.15, -0.1) is 0 Å². The lowest BCUT2D eigenvalue weighted by atomic mass is 9.88. The van der Waals surface area contributed by atoms with E-state index in [1.165, 1.54) is 49.4 Å². The fourth-order valence-electron chi connectivity index (χ4n) is 9.44. The van der Waals surface area contributed by atoms with Crippen LogP contribution in [0.4, 0.5) is 0 Å². The molecule has 0 amide bonds. The maximum Gasteiger partial charge on any atom is 0.164 e. The van der Waals surface area contributed by atoms with E-state index in [0.29, 0.717) is 17.5 Å². The van der Waals surface area contributed by atoms with Gasteiger partial charge >= 0.3 is 0 Å². The maximum absolute atomic E-state index is 5.21. The second-order valence-corrected chi connectivity index (χ2v) is 16.3. The monoisotopic (exact) mass is 828 g/mol. The molecule has 2 aromatic heterocycles. The Morgan fingerprint density at radius 2 is 0.585 bits per heavy atom. The van der Waals surface area contributed by atoms with E-state index in [2.05, 4.69) is 223 Å². The van der Waals surface area contributed by atoms with Gasteiger partial charge in [-0.05, 0) is 79.5 Å². The van der Waals surface area contributed by atoms with Gasteiger partial charge in [-0.2, -0.15) is 0 Å². The zero-order chi connectivity index (χ0) is 43.1. The van der Waals surface area contributed by atoms with Crippen molar-refractivity contribution in [3.05, 3.63) is 243 Å². The molecular weight excluding hydrogens is 789 g/mol. The molecule has 0 fully saturated rings. The van der Waals surface area contributed by atoms with Crippen molar-refractivity contribution in [3.8, 4) is 84.4 Å². The molecule has 0 unspecified atom stereocenters. The molecule has 0 saturated heterocycles. The summed E-state index contributed by atoms with van der Waals surface area (Å²) >= 11 is 0. The average molecular weight is 829 g/mol. The van der Waals surface area contributed by atoms with E-state index in [0.717, 1.165) is 50.0 Å². The number of aromatic nitrogens is 4. The van der Waals surface area contributed by atoms with Gasteiger partial charge in [0.25, 0.3) is 0 Å². The van der Waals surface area contributed by atoms with Gasteiger partial charge in [-0.1, -0.05) is 218 Å². The van der Waals surface area contributed by atoms with Crippen LogP contribution in [-0.4, -0.2) is 19.5 Å². The Hall–Kier alpha value is -8.73. The van der Waals surface area contributed by atoms with Crippen molar-refractivity contribution in [1.82, 2.24) is 19.5 Å². The molecule has 0 saturated carbocycles. The number of hydrogen-bond donors (Lipinski definition) is 0. The van der Waals surface area contributed by atoms with Crippen LogP contribution in [0.3, 0.4) is 0 Å². The number of para-hydroxylation sites is 2. The fourth-order valence-corrected chi connectivity index (χ4v) is 9.44. The van der Waals surface area contributed by atoms with Crippen LogP contribution in [0.1, 0.15) is 0 Å². The molecule has 0 bridgehead atoms. The van der Waals surface area contributed by atoms with Gasteiger partial charge in [-0.25, -0.2) is 15.0 Å². The van der Waals surface area contributed by atoms with Crippen molar-refractivity contribution in [2.24, 2.45) is 0 Å². The van der Waals surface area contributed by atoms with E-state index in [-0.39, 0.29) is 0 Å². The maximum atomic E-state index is 5.21. The normalized spacial score (nSPS) is 11.4. The molecule has 10 aromatic carbocycles. The Bertz CT molecular complexity index is 3630. The number of hydrogen-bond acceptors (Lipinski definition) is 3. The molecule has 12 aromatic rings. The standard InChI is InChI=1S/C61H40N4/c1-3-17-41(18-4-1)42-33-35-45(36-34-42)60-62-59(44-19-5-2-6-20-44)63-61(64-60)56-26-10-9-23-53(56)52-30-16-28-50-49(27-15-29-51(50)52)48-22-8-7-21-47(48)43-37-39-46(40-38-43)65-57-31-13-11-24-54(57)55-25-12-14-32-58(55)65/h1-40H. The highest BCUT2D eigenvalue weighted by Gasteiger charge is 2.19. The molecule has 0 spiro atoms. The van der Waals surface area contributed by atoms with E-state index >= 15 is 0 Å². The van der Waals surface area contributed by atoms with Gasteiger partial charge in [0, 0.05) is 33.2 Å². The minimum absolute atomic E-state index is 0.624. The molecule has 65 heavy (non-hydrogen) atoms. The third-order valence-corrected chi connectivity index (χ3v) is 12.5. The van der Waals surface area contributed by atoms with Crippen LogP contribution in [0.5, 0.6) is 0 Å². The summed E-state index contributed by atoms with van der Waals surface area (Å²) in [7, 11) is 0. The minimum atomic E-state index is 0.624. The summed E-state index contributed by atoms with van der Waals surface area (Å²) in [5.41, 5.74) is 15.5. The first-order chi connectivity index (χ1) is 32.2. The molecule has 0 radical (unpaired) electrons. The van der Waals surface area contributed by atoms with Crippen molar-refractivity contribution in [2.45, 2.75) is 0 Å². The smallest absolute Gasteiger partial charge is 0.164 e. The zero-order valence-corrected chi connectivity index (χ0v) is 35.4. The summed E-state index contributed by atoms with van der Waals surface area (Å²) in [4.78, 5) is 15.4. The van der Waals surface area contributed by atoms with Gasteiger partial charge in [0.05, 0.1) is 11.0 Å². The lowest BCUT2D eigenvalue weighted by Crippen LogP contribution is -2.01. The quantitative estimate of drug-likeness (QED) is 0.153. The van der Waals surface area contributed by atoms with Crippen molar-refractivity contribution < 1.29 is 0 Å². The second kappa shape index (κ2) is 16.2. The van der Waals surface area contributed by atoms with E-state index in [1.807, 2.05) is 24.3 Å². The number of rotatable bonds is 8. The SMILES string of the molecule is c1ccc(-c2ccc(-c3nc(-c4ccccc4)nc(-c4ccccc4-c4cccc5c(-c6ccccc6-c6ccc(-n7c8ccccc8c8ccccc87)cc6)cccc45)n3)cc2)cc1. The average Bonchev–Trinajstić information content (AvgIpc) is 3.73. The van der Waals surface area contributed by atoms with Crippen LogP contribution in [0, 0.1) is 0 Å². The molecular formula is C61H40N4. The predicted molar refractivity (Wildman–Crippen MR) is 270 cm³/mol. The summed E-state index contributed by atoms with van der Waals surface area (Å²) in [6, 6.07) is 85.9. The molecule has 0 N–H and O–H groups in total. The Morgan fingerprint density at radius 1 is 0.215 bits per heavy atom. The minimum Gasteiger partial charge on any atom is -0.309 e. The zero-order valence-electron chi connectivity index (χ0n) is 35.4. The van der Waals surface area contributed by atoms with Gasteiger partial charge < -0.3 is 4.57 Å². The highest BCUT2D eigenvalue weighted by atomic mass is 15.0. The van der Waals surface area contributed by atoms with Crippen molar-refractivity contribution in [1.29, 1.82) is 0 Å². The Balaban J connectivity index is 0.949. The first kappa shape index (κ1) is 38.0. The molecule has 12 rings (SSSR count). The molecule has 4 heteroatoms. The van der Waals surface area contributed by atoms with Gasteiger partial charge in [0.2, 0.25) is 0 Å². The summed E-state index contributed by atoms with van der Waals surface area (Å²) in [5.74, 6) is 1.88. The van der Waals surface area contributed by atoms with Crippen LogP contribution < -0.4 is 0 Å². The third-order valence-electron chi connectivity index (χ3n) is 12.5. The number of fused-ring (bicyclic) bond motifs is 4. The van der Waals surface area contributed by atoms with Crippen LogP contribution in [0.2, 0.25) is 0 Å². The van der Waals surface area contributed by atoms with Gasteiger partial charge in [0.15, 0.2) is 17.5 Å². The highest BCUT2D eigenvalue weighted by molar-refractivity contribution is 6.10. The third kappa shape index (κ3) is 6.85. The van der Waals surface area contributed by atoms with Crippen LogP contribution in [-0.2, 0) is 0 Å². The van der Waals surface area contributed by atoms with E-state index in [4.69, 9.17) is 15.0 Å². The van der Waals surface area contributed by atoms with Crippen LogP contribution >= 0.6 is 0 Å². The van der Waals surface area contributed by atoms with Crippen LogP contribution in [0.15, 0.2) is 243 Å². The van der Waals surface area contributed by atoms with Crippen molar-refractivity contribution in [3.63, 3.8) is 0 Å². The highest BCUT2D eigenvalue weighted by Crippen LogP contribution is 2.42. The van der Waals surface area contributed by atoms with Gasteiger partial charge in [-0.3, -0.25) is 0 Å². The molecule has 304 valence electrons. The molecule has 0 aliphatic carbocycles. The molecule has 4 nitrogen and oxygen atoms in total. The van der Waals surface area contributed by atoms with Gasteiger partial charge in [0.1, 0.15) is 0 Å². The van der Waals surface area contributed by atoms with Crippen LogP contribution in [0.25, 0.3) is 117 Å². The predicted octanol–water partition coefficient (Wildman–Crippen LogP) is 15.8. The summed E-state index contributed by atoms with van der Waals surface area (Å²) in [5, 5.41) is 4.85. The molecule has 2 heterocycles. The van der Waals surface area contributed by atoms with E-state index < -0.39 is 0 Å². The van der Waals surface area contributed by atoms with Crippen molar-refractivity contribution in [2.75, 3.05) is 0 Å². The Labute approximate surface area is 377 Å². The Morgan fingerprint density at radius 3 is 1.17 bits per heavy atom. The lowest BCUT2D eigenvalue weighted by Gasteiger charge is -2.17. The largest absolute Gasteiger partial charge is 0.309 e. The second-order valence-electron chi connectivity index (χ2n) is 16.3.